The van der Waals surface area contributed by atoms with E-state index < -0.39 is 17.6 Å². The standard InChI is InChI=1S/C23H32N4O4/c1-16(27-21(29)23(25-22(27)30)11-5-6-12-23)20(28)24-15-18(26-13-7-8-14-26)17-9-3-4-10-19(17)31-2/h3-4,9-10,16,18H,5-8,11-15H2,1-2H3,(H,24,28)(H,25,30). The summed E-state index contributed by atoms with van der Waals surface area (Å²) < 4.78 is 5.56. The fourth-order valence-corrected chi connectivity index (χ4v) is 5.20. The maximum absolute atomic E-state index is 13.0. The Morgan fingerprint density at radius 3 is 2.52 bits per heavy atom. The van der Waals surface area contributed by atoms with Gasteiger partial charge in [0, 0.05) is 12.1 Å². The Hall–Kier alpha value is -2.61. The van der Waals surface area contributed by atoms with Crippen molar-refractivity contribution >= 4 is 17.8 Å². The van der Waals surface area contributed by atoms with Crippen LogP contribution in [0.4, 0.5) is 4.79 Å². The van der Waals surface area contributed by atoms with Crippen molar-refractivity contribution in [3.05, 3.63) is 29.8 Å². The third kappa shape index (κ3) is 4.01. The first-order valence-electron chi connectivity index (χ1n) is 11.3. The number of methoxy groups -OCH3 is 1. The van der Waals surface area contributed by atoms with Gasteiger partial charge in [-0.05, 0) is 51.8 Å². The van der Waals surface area contributed by atoms with Gasteiger partial charge in [-0.25, -0.2) is 9.69 Å². The van der Waals surface area contributed by atoms with Crippen molar-refractivity contribution in [1.82, 2.24) is 20.4 Å². The van der Waals surface area contributed by atoms with Crippen LogP contribution in [0.1, 0.15) is 57.1 Å². The maximum atomic E-state index is 13.0. The second kappa shape index (κ2) is 8.86. The van der Waals surface area contributed by atoms with Gasteiger partial charge in [0.2, 0.25) is 5.91 Å². The normalized spacial score (nSPS) is 22.6. The van der Waals surface area contributed by atoms with E-state index in [4.69, 9.17) is 4.74 Å². The summed E-state index contributed by atoms with van der Waals surface area (Å²) in [7, 11) is 1.65. The number of urea groups is 1. The Bertz CT molecular complexity index is 846. The van der Waals surface area contributed by atoms with E-state index in [0.717, 1.165) is 55.0 Å². The summed E-state index contributed by atoms with van der Waals surface area (Å²) in [5.41, 5.74) is 0.223. The molecule has 0 radical (unpaired) electrons. The molecule has 3 fully saturated rings. The molecular formula is C23H32N4O4. The molecule has 1 spiro atoms. The first kappa shape index (κ1) is 21.6. The van der Waals surface area contributed by atoms with Crippen LogP contribution >= 0.6 is 0 Å². The zero-order chi connectivity index (χ0) is 22.0. The van der Waals surface area contributed by atoms with Crippen molar-refractivity contribution in [3.8, 4) is 5.75 Å². The fraction of sp³-hybridized carbons (Fsp3) is 0.609. The Labute approximate surface area is 183 Å². The van der Waals surface area contributed by atoms with Gasteiger partial charge in [0.1, 0.15) is 17.3 Å². The number of imide groups is 1. The molecule has 168 valence electrons. The number of hydrogen-bond acceptors (Lipinski definition) is 5. The van der Waals surface area contributed by atoms with Crippen molar-refractivity contribution < 1.29 is 19.1 Å². The molecule has 2 N–H and O–H groups in total. The SMILES string of the molecule is COc1ccccc1C(CNC(=O)C(C)N1C(=O)NC2(CCCC2)C1=O)N1CCCC1. The van der Waals surface area contributed by atoms with Crippen molar-refractivity contribution in [3.63, 3.8) is 0 Å². The summed E-state index contributed by atoms with van der Waals surface area (Å²) in [6, 6.07) is 6.51. The molecule has 0 bridgehead atoms. The second-order valence-electron chi connectivity index (χ2n) is 8.82. The third-order valence-corrected chi connectivity index (χ3v) is 6.97. The van der Waals surface area contributed by atoms with E-state index in [-0.39, 0.29) is 17.9 Å². The molecule has 8 nitrogen and oxygen atoms in total. The molecular weight excluding hydrogens is 396 g/mol. The van der Waals surface area contributed by atoms with Gasteiger partial charge in [0.25, 0.3) is 5.91 Å². The van der Waals surface area contributed by atoms with Crippen molar-refractivity contribution in [2.75, 3.05) is 26.7 Å². The highest BCUT2D eigenvalue weighted by Gasteiger charge is 2.54. The number of benzene rings is 1. The second-order valence-corrected chi connectivity index (χ2v) is 8.82. The lowest BCUT2D eigenvalue weighted by atomic mass is 9.97. The van der Waals surface area contributed by atoms with Crippen LogP contribution in [0.2, 0.25) is 0 Å². The number of ether oxygens (including phenoxy) is 1. The van der Waals surface area contributed by atoms with Crippen LogP contribution in [0.25, 0.3) is 0 Å². The zero-order valence-electron chi connectivity index (χ0n) is 18.4. The number of nitrogens with zero attached hydrogens (tertiary/aromatic N) is 2. The molecule has 2 heterocycles. The van der Waals surface area contributed by atoms with Gasteiger partial charge < -0.3 is 15.4 Å². The molecule has 2 atom stereocenters. The monoisotopic (exact) mass is 428 g/mol. The average Bonchev–Trinajstić information content (AvgIpc) is 3.51. The van der Waals surface area contributed by atoms with Crippen LogP contribution in [-0.4, -0.2) is 66.0 Å². The fourth-order valence-electron chi connectivity index (χ4n) is 5.20. The van der Waals surface area contributed by atoms with Crippen LogP contribution in [0, 0.1) is 0 Å². The predicted molar refractivity (Wildman–Crippen MR) is 116 cm³/mol. The molecule has 4 amide bonds. The van der Waals surface area contributed by atoms with Gasteiger partial charge >= 0.3 is 6.03 Å². The van der Waals surface area contributed by atoms with E-state index in [0.29, 0.717) is 19.4 Å². The summed E-state index contributed by atoms with van der Waals surface area (Å²) in [5, 5.41) is 5.84. The molecule has 1 aromatic carbocycles. The first-order chi connectivity index (χ1) is 15.0. The minimum absolute atomic E-state index is 0.0286. The number of amides is 4. The van der Waals surface area contributed by atoms with Crippen LogP contribution in [-0.2, 0) is 9.59 Å². The van der Waals surface area contributed by atoms with Crippen molar-refractivity contribution in [2.24, 2.45) is 0 Å². The number of nitrogens with one attached hydrogen (secondary N) is 2. The molecule has 3 aliphatic rings. The van der Waals surface area contributed by atoms with Crippen LogP contribution < -0.4 is 15.4 Å². The third-order valence-electron chi connectivity index (χ3n) is 6.97. The molecule has 2 unspecified atom stereocenters. The van der Waals surface area contributed by atoms with Crippen LogP contribution in [0.3, 0.4) is 0 Å². The van der Waals surface area contributed by atoms with E-state index in [9.17, 15) is 14.4 Å². The van der Waals surface area contributed by atoms with E-state index in [2.05, 4.69) is 15.5 Å². The first-order valence-corrected chi connectivity index (χ1v) is 11.3. The summed E-state index contributed by atoms with van der Waals surface area (Å²) in [4.78, 5) is 42.0. The van der Waals surface area contributed by atoms with E-state index in [1.54, 1.807) is 14.0 Å². The largest absolute Gasteiger partial charge is 0.496 e. The Balaban J connectivity index is 1.46. The summed E-state index contributed by atoms with van der Waals surface area (Å²) in [5.74, 6) is 0.204. The maximum Gasteiger partial charge on any atom is 0.325 e. The topological polar surface area (TPSA) is 91.0 Å². The number of rotatable bonds is 7. The van der Waals surface area contributed by atoms with E-state index in [1.807, 2.05) is 24.3 Å². The number of para-hydroxylation sites is 1. The lowest BCUT2D eigenvalue weighted by molar-refractivity contribution is -0.137. The summed E-state index contributed by atoms with van der Waals surface area (Å²) in [6.07, 6.45) is 5.37. The molecule has 1 aliphatic carbocycles. The predicted octanol–water partition coefficient (Wildman–Crippen LogP) is 2.20. The quantitative estimate of drug-likeness (QED) is 0.650. The van der Waals surface area contributed by atoms with Gasteiger partial charge in [-0.1, -0.05) is 31.0 Å². The summed E-state index contributed by atoms with van der Waals surface area (Å²) >= 11 is 0. The van der Waals surface area contributed by atoms with Gasteiger partial charge in [0.15, 0.2) is 0 Å². The lowest BCUT2D eigenvalue weighted by Gasteiger charge is -2.30. The molecule has 1 aromatic rings. The minimum Gasteiger partial charge on any atom is -0.496 e. The molecule has 2 aliphatic heterocycles. The Morgan fingerprint density at radius 1 is 1.16 bits per heavy atom. The van der Waals surface area contributed by atoms with Gasteiger partial charge in [-0.15, -0.1) is 0 Å². The summed E-state index contributed by atoms with van der Waals surface area (Å²) in [6.45, 7) is 3.93. The minimum atomic E-state index is -0.857. The lowest BCUT2D eigenvalue weighted by Crippen LogP contribution is -2.51. The Kier molecular flexibility index (Phi) is 6.18. The van der Waals surface area contributed by atoms with Crippen LogP contribution in [0.15, 0.2) is 24.3 Å². The number of carbonyl (C=O) groups excluding carboxylic acids is 3. The Morgan fingerprint density at radius 2 is 1.84 bits per heavy atom. The van der Waals surface area contributed by atoms with Crippen molar-refractivity contribution in [1.29, 1.82) is 0 Å². The highest BCUT2D eigenvalue weighted by atomic mass is 16.5. The smallest absolute Gasteiger partial charge is 0.325 e. The molecule has 0 aromatic heterocycles. The van der Waals surface area contributed by atoms with Crippen molar-refractivity contribution in [2.45, 2.75) is 63.1 Å². The van der Waals surface area contributed by atoms with Crippen LogP contribution in [0.5, 0.6) is 5.75 Å². The number of carbonyl (C=O) groups is 3. The molecule has 31 heavy (non-hydrogen) atoms. The zero-order valence-corrected chi connectivity index (χ0v) is 18.4. The molecule has 4 rings (SSSR count). The molecule has 1 saturated carbocycles. The number of likely N-dealkylation sites (tertiary alicyclic amines) is 1. The van der Waals surface area contributed by atoms with Gasteiger partial charge in [-0.2, -0.15) is 0 Å². The number of hydrogen-bond donors (Lipinski definition) is 2. The highest BCUT2D eigenvalue weighted by molar-refractivity contribution is 6.09. The van der Waals surface area contributed by atoms with E-state index in [1.165, 1.54) is 0 Å². The molecule has 8 heteroatoms. The highest BCUT2D eigenvalue weighted by Crippen LogP contribution is 2.36. The van der Waals surface area contributed by atoms with Gasteiger partial charge in [-0.3, -0.25) is 14.5 Å². The molecule has 2 saturated heterocycles. The average molecular weight is 429 g/mol. The van der Waals surface area contributed by atoms with E-state index >= 15 is 0 Å². The van der Waals surface area contributed by atoms with Gasteiger partial charge in [0.05, 0.1) is 13.2 Å².